The van der Waals surface area contributed by atoms with E-state index < -0.39 is 13.0 Å². The number of nitriles is 1. The molecule has 8 heteroatoms. The number of thiophene rings is 1. The molecule has 0 aromatic carbocycles. The van der Waals surface area contributed by atoms with Crippen LogP contribution in [0.5, 0.6) is 0 Å². The van der Waals surface area contributed by atoms with E-state index >= 15 is 0 Å². The predicted molar refractivity (Wildman–Crippen MR) is 71.8 cm³/mol. The van der Waals surface area contributed by atoms with Crippen molar-refractivity contribution in [2.75, 3.05) is 31.6 Å². The highest BCUT2D eigenvalue weighted by Gasteiger charge is 2.14. The van der Waals surface area contributed by atoms with Crippen molar-refractivity contribution in [3.8, 4) is 6.07 Å². The second kappa shape index (κ2) is 8.58. The van der Waals surface area contributed by atoms with Crippen molar-refractivity contribution in [3.63, 3.8) is 0 Å². The van der Waals surface area contributed by atoms with Crippen LogP contribution in [0.15, 0.2) is 11.4 Å². The van der Waals surface area contributed by atoms with Crippen LogP contribution >= 0.6 is 11.3 Å². The van der Waals surface area contributed by atoms with Gasteiger partial charge in [-0.25, -0.2) is 8.78 Å². The van der Waals surface area contributed by atoms with Gasteiger partial charge in [0.15, 0.2) is 0 Å². The highest BCUT2D eigenvalue weighted by molar-refractivity contribution is 7.14. The number of nitrogens with zero attached hydrogens (tertiary/aromatic N) is 2. The first kappa shape index (κ1) is 16.5. The summed E-state index contributed by atoms with van der Waals surface area (Å²) in [7, 11) is 0. The Hall–Kier alpha value is -1.56. The van der Waals surface area contributed by atoms with Crippen molar-refractivity contribution in [3.05, 3.63) is 17.0 Å². The minimum atomic E-state index is -2.51. The van der Waals surface area contributed by atoms with Gasteiger partial charge in [0, 0.05) is 19.5 Å². The Labute approximate surface area is 119 Å². The summed E-state index contributed by atoms with van der Waals surface area (Å²) in [6, 6.07) is 3.54. The zero-order valence-corrected chi connectivity index (χ0v) is 11.5. The molecule has 1 amide bonds. The van der Waals surface area contributed by atoms with E-state index in [1.165, 1.54) is 16.2 Å². The third-order valence-corrected chi connectivity index (χ3v) is 3.34. The molecule has 0 aliphatic rings. The van der Waals surface area contributed by atoms with Gasteiger partial charge in [-0.15, -0.1) is 11.3 Å². The number of rotatable bonds is 8. The minimum Gasteiger partial charge on any atom is -0.395 e. The molecule has 1 aromatic rings. The monoisotopic (exact) mass is 303 g/mol. The molecule has 0 aliphatic carbocycles. The van der Waals surface area contributed by atoms with E-state index in [0.717, 1.165) is 0 Å². The maximum absolute atomic E-state index is 12.3. The molecular weight excluding hydrogens is 288 g/mol. The summed E-state index contributed by atoms with van der Waals surface area (Å²) in [4.78, 5) is 13.0. The zero-order chi connectivity index (χ0) is 15.0. The Kier molecular flexibility index (Phi) is 7.08. The van der Waals surface area contributed by atoms with Crippen molar-refractivity contribution in [1.82, 2.24) is 4.90 Å². The number of hydrogen-bond acceptors (Lipinski definition) is 5. The summed E-state index contributed by atoms with van der Waals surface area (Å²) in [5.41, 5.74) is 0.378. The second-order valence-corrected chi connectivity index (χ2v) is 4.90. The van der Waals surface area contributed by atoms with Gasteiger partial charge in [0.2, 0.25) is 5.91 Å². The molecule has 1 aromatic heterocycles. The first-order chi connectivity index (χ1) is 9.56. The lowest BCUT2D eigenvalue weighted by atomic mass is 10.3. The zero-order valence-electron chi connectivity index (χ0n) is 10.7. The summed E-state index contributed by atoms with van der Waals surface area (Å²) >= 11 is 1.23. The Balaban J connectivity index is 2.43. The van der Waals surface area contributed by atoms with Gasteiger partial charge in [0.1, 0.15) is 11.1 Å². The number of anilines is 1. The van der Waals surface area contributed by atoms with E-state index in [1.807, 2.05) is 6.07 Å². The Bertz CT molecular complexity index is 474. The van der Waals surface area contributed by atoms with Gasteiger partial charge in [0.05, 0.1) is 18.7 Å². The predicted octanol–water partition coefficient (Wildman–Crippen LogP) is 1.51. The van der Waals surface area contributed by atoms with Crippen LogP contribution in [0.4, 0.5) is 13.8 Å². The molecule has 0 unspecified atom stereocenters. The molecule has 0 spiro atoms. The van der Waals surface area contributed by atoms with Crippen LogP contribution in [0.25, 0.3) is 0 Å². The van der Waals surface area contributed by atoms with E-state index in [1.54, 1.807) is 11.4 Å². The van der Waals surface area contributed by atoms with Crippen LogP contribution in [-0.2, 0) is 4.79 Å². The van der Waals surface area contributed by atoms with Crippen molar-refractivity contribution >= 4 is 22.2 Å². The van der Waals surface area contributed by atoms with Crippen molar-refractivity contribution in [2.24, 2.45) is 0 Å². The summed E-state index contributed by atoms with van der Waals surface area (Å²) in [6.45, 7) is -0.488. The standard InChI is InChI=1S/C12H15F2N3O2S/c13-10(14)8-17(4-5-18)3-1-11(19)16-12-9(7-15)2-6-20-12/h2,6,10,18H,1,3-5,8H2,(H,16,19). The third-order valence-electron chi connectivity index (χ3n) is 2.51. The van der Waals surface area contributed by atoms with Crippen molar-refractivity contribution < 1.29 is 18.7 Å². The van der Waals surface area contributed by atoms with Crippen LogP contribution in [-0.4, -0.2) is 48.6 Å². The molecule has 0 aliphatic heterocycles. The summed E-state index contributed by atoms with van der Waals surface area (Å²) in [5, 5.41) is 22.3. The molecule has 0 fully saturated rings. The van der Waals surface area contributed by atoms with E-state index in [-0.39, 0.29) is 32.0 Å². The highest BCUT2D eigenvalue weighted by Crippen LogP contribution is 2.22. The number of alkyl halides is 2. The second-order valence-electron chi connectivity index (χ2n) is 3.99. The van der Waals surface area contributed by atoms with Gasteiger partial charge >= 0.3 is 0 Å². The fourth-order valence-corrected chi connectivity index (χ4v) is 2.33. The third kappa shape index (κ3) is 5.61. The number of amides is 1. The van der Waals surface area contributed by atoms with E-state index in [9.17, 15) is 13.6 Å². The maximum Gasteiger partial charge on any atom is 0.251 e. The van der Waals surface area contributed by atoms with Gasteiger partial charge in [-0.1, -0.05) is 0 Å². The van der Waals surface area contributed by atoms with Crippen molar-refractivity contribution in [1.29, 1.82) is 5.26 Å². The molecule has 0 atom stereocenters. The lowest BCUT2D eigenvalue weighted by molar-refractivity contribution is -0.116. The molecule has 0 radical (unpaired) electrons. The fourth-order valence-electron chi connectivity index (χ4n) is 1.57. The first-order valence-corrected chi connectivity index (χ1v) is 6.83. The molecule has 0 saturated heterocycles. The molecule has 5 nitrogen and oxygen atoms in total. The Morgan fingerprint density at radius 1 is 1.55 bits per heavy atom. The maximum atomic E-state index is 12.3. The lowest BCUT2D eigenvalue weighted by Crippen LogP contribution is -2.34. The number of carbonyl (C=O) groups excluding carboxylic acids is 1. The summed E-state index contributed by atoms with van der Waals surface area (Å²) in [6.07, 6.45) is -2.48. The largest absolute Gasteiger partial charge is 0.395 e. The molecular formula is C12H15F2N3O2S. The van der Waals surface area contributed by atoms with Gasteiger partial charge in [0.25, 0.3) is 6.43 Å². The number of nitrogens with one attached hydrogen (secondary N) is 1. The average molecular weight is 303 g/mol. The van der Waals surface area contributed by atoms with E-state index in [0.29, 0.717) is 10.6 Å². The minimum absolute atomic E-state index is 0.0233. The van der Waals surface area contributed by atoms with Crippen LogP contribution in [0.1, 0.15) is 12.0 Å². The van der Waals surface area contributed by atoms with Crippen LogP contribution < -0.4 is 5.32 Å². The van der Waals surface area contributed by atoms with Crippen LogP contribution in [0.3, 0.4) is 0 Å². The molecule has 0 saturated carbocycles. The molecule has 20 heavy (non-hydrogen) atoms. The number of halogens is 2. The fraction of sp³-hybridized carbons (Fsp3) is 0.500. The molecule has 1 heterocycles. The normalized spacial score (nSPS) is 10.8. The topological polar surface area (TPSA) is 76.4 Å². The van der Waals surface area contributed by atoms with Crippen LogP contribution in [0.2, 0.25) is 0 Å². The average Bonchev–Trinajstić information content (AvgIpc) is 2.83. The smallest absolute Gasteiger partial charge is 0.251 e. The van der Waals surface area contributed by atoms with Crippen molar-refractivity contribution in [2.45, 2.75) is 12.8 Å². The van der Waals surface area contributed by atoms with Gasteiger partial charge in [-0.2, -0.15) is 5.26 Å². The van der Waals surface area contributed by atoms with E-state index in [4.69, 9.17) is 10.4 Å². The number of carbonyl (C=O) groups is 1. The van der Waals surface area contributed by atoms with Gasteiger partial charge in [-0.05, 0) is 11.4 Å². The number of aliphatic hydroxyl groups is 1. The number of aliphatic hydroxyl groups excluding tert-OH is 1. The van der Waals surface area contributed by atoms with E-state index in [2.05, 4.69) is 5.32 Å². The molecule has 1 rings (SSSR count). The summed E-state index contributed by atoms with van der Waals surface area (Å²) in [5.74, 6) is -0.346. The van der Waals surface area contributed by atoms with Gasteiger partial charge < -0.3 is 10.4 Å². The lowest BCUT2D eigenvalue weighted by Gasteiger charge is -2.20. The number of hydrogen-bond donors (Lipinski definition) is 2. The molecule has 0 bridgehead atoms. The van der Waals surface area contributed by atoms with Gasteiger partial charge in [-0.3, -0.25) is 9.69 Å². The molecule has 2 N–H and O–H groups in total. The molecule has 110 valence electrons. The quantitative estimate of drug-likeness (QED) is 0.763. The summed E-state index contributed by atoms with van der Waals surface area (Å²) < 4.78 is 24.6. The Morgan fingerprint density at radius 3 is 2.90 bits per heavy atom. The Morgan fingerprint density at radius 2 is 2.30 bits per heavy atom. The van der Waals surface area contributed by atoms with Crippen LogP contribution in [0, 0.1) is 11.3 Å². The first-order valence-electron chi connectivity index (χ1n) is 5.95. The SMILES string of the molecule is N#Cc1ccsc1NC(=O)CCN(CCO)CC(F)F. The highest BCUT2D eigenvalue weighted by atomic mass is 32.1.